The Bertz CT molecular complexity index is 1110. The zero-order valence-electron chi connectivity index (χ0n) is 16.6. The fraction of sp³-hybridized carbons (Fsp3) is 0.381. The molecule has 0 aliphatic carbocycles. The Kier molecular flexibility index (Phi) is 5.00. The second kappa shape index (κ2) is 7.62. The van der Waals surface area contributed by atoms with Crippen molar-refractivity contribution in [1.82, 2.24) is 19.4 Å². The van der Waals surface area contributed by atoms with Gasteiger partial charge >= 0.3 is 0 Å². The van der Waals surface area contributed by atoms with E-state index >= 15 is 0 Å². The fourth-order valence-corrected chi connectivity index (χ4v) is 3.93. The number of nitrogens with zero attached hydrogens (tertiary/aromatic N) is 5. The van der Waals surface area contributed by atoms with Crippen molar-refractivity contribution >= 4 is 22.8 Å². The number of rotatable bonds is 4. The van der Waals surface area contributed by atoms with E-state index in [0.29, 0.717) is 16.6 Å². The number of pyridine rings is 1. The standard InChI is InChI=1S/C21H23N5O3/c1-14-12-16(19-20(22-14)25-11-7-3-4-10-18(25)23-19)21(27)24(2)13-15-8-5-6-9-17(15)26(28)29/h5-6,8-9,12H,3-4,7,10-11,13H2,1-2H3. The van der Waals surface area contributed by atoms with E-state index < -0.39 is 4.92 Å². The van der Waals surface area contributed by atoms with E-state index in [1.165, 1.54) is 17.4 Å². The highest BCUT2D eigenvalue weighted by Crippen LogP contribution is 2.26. The molecule has 150 valence electrons. The van der Waals surface area contributed by atoms with Crippen molar-refractivity contribution in [3.8, 4) is 0 Å². The van der Waals surface area contributed by atoms with Gasteiger partial charge in [-0.1, -0.05) is 24.6 Å². The van der Waals surface area contributed by atoms with Crippen LogP contribution in [-0.2, 0) is 19.5 Å². The molecule has 8 heteroatoms. The fourth-order valence-electron chi connectivity index (χ4n) is 3.93. The number of carbonyl (C=O) groups is 1. The number of nitro benzene ring substituents is 1. The maximum absolute atomic E-state index is 13.3. The third kappa shape index (κ3) is 3.57. The normalized spacial score (nSPS) is 13.7. The summed E-state index contributed by atoms with van der Waals surface area (Å²) in [5.74, 6) is 0.762. The van der Waals surface area contributed by atoms with Gasteiger partial charge in [0.1, 0.15) is 11.3 Å². The Balaban J connectivity index is 1.71. The molecule has 8 nitrogen and oxygen atoms in total. The minimum atomic E-state index is -0.422. The Morgan fingerprint density at radius 2 is 2.03 bits per heavy atom. The molecule has 0 unspecified atom stereocenters. The van der Waals surface area contributed by atoms with Gasteiger partial charge in [-0.3, -0.25) is 14.9 Å². The summed E-state index contributed by atoms with van der Waals surface area (Å²) in [5.41, 5.74) is 3.13. The molecule has 0 saturated heterocycles. The molecule has 0 saturated carbocycles. The van der Waals surface area contributed by atoms with Crippen LogP contribution in [0.1, 0.15) is 46.7 Å². The number of hydrogen-bond donors (Lipinski definition) is 0. The van der Waals surface area contributed by atoms with E-state index in [1.54, 1.807) is 31.3 Å². The highest BCUT2D eigenvalue weighted by Gasteiger charge is 2.24. The van der Waals surface area contributed by atoms with Crippen molar-refractivity contribution < 1.29 is 9.72 Å². The first-order valence-electron chi connectivity index (χ1n) is 9.80. The van der Waals surface area contributed by atoms with Crippen LogP contribution in [0.3, 0.4) is 0 Å². The Labute approximate surface area is 168 Å². The van der Waals surface area contributed by atoms with Crippen molar-refractivity contribution in [3.63, 3.8) is 0 Å². The van der Waals surface area contributed by atoms with Crippen LogP contribution in [-0.4, -0.2) is 37.3 Å². The maximum Gasteiger partial charge on any atom is 0.274 e. The van der Waals surface area contributed by atoms with Gasteiger partial charge in [0, 0.05) is 37.3 Å². The van der Waals surface area contributed by atoms with Crippen molar-refractivity contribution in [3.05, 3.63) is 63.1 Å². The molecule has 3 aromatic rings. The summed E-state index contributed by atoms with van der Waals surface area (Å²) in [5, 5.41) is 11.3. The maximum atomic E-state index is 13.3. The summed E-state index contributed by atoms with van der Waals surface area (Å²) in [7, 11) is 1.65. The molecule has 4 rings (SSSR count). The summed E-state index contributed by atoms with van der Waals surface area (Å²) in [6.45, 7) is 2.88. The number of benzene rings is 1. The summed E-state index contributed by atoms with van der Waals surface area (Å²) in [6, 6.07) is 8.25. The quantitative estimate of drug-likeness (QED) is 0.498. The monoisotopic (exact) mass is 393 g/mol. The summed E-state index contributed by atoms with van der Waals surface area (Å²) in [4.78, 5) is 35.0. The van der Waals surface area contributed by atoms with Crippen LogP contribution in [0.25, 0.3) is 11.2 Å². The van der Waals surface area contributed by atoms with E-state index in [1.807, 2.05) is 6.92 Å². The molecular formula is C21H23N5O3. The number of fused-ring (bicyclic) bond motifs is 3. The second-order valence-corrected chi connectivity index (χ2v) is 7.52. The number of amides is 1. The average molecular weight is 393 g/mol. The van der Waals surface area contributed by atoms with Gasteiger partial charge in [0.2, 0.25) is 0 Å². The van der Waals surface area contributed by atoms with Gasteiger partial charge in [0.25, 0.3) is 11.6 Å². The summed E-state index contributed by atoms with van der Waals surface area (Å²) < 4.78 is 2.13. The van der Waals surface area contributed by atoms with E-state index in [9.17, 15) is 14.9 Å². The molecule has 1 aromatic carbocycles. The number of imidazole rings is 1. The highest BCUT2D eigenvalue weighted by molar-refractivity contribution is 6.04. The number of hydrogen-bond acceptors (Lipinski definition) is 5. The predicted octanol–water partition coefficient (Wildman–Crippen LogP) is 3.65. The number of aromatic nitrogens is 3. The molecule has 0 bridgehead atoms. The lowest BCUT2D eigenvalue weighted by molar-refractivity contribution is -0.385. The number of nitro groups is 1. The van der Waals surface area contributed by atoms with Crippen LogP contribution in [0, 0.1) is 17.0 Å². The molecule has 0 spiro atoms. The molecule has 29 heavy (non-hydrogen) atoms. The number of para-hydroxylation sites is 1. The van der Waals surface area contributed by atoms with Gasteiger partial charge in [-0.25, -0.2) is 9.97 Å². The van der Waals surface area contributed by atoms with E-state index in [2.05, 4.69) is 9.55 Å². The van der Waals surface area contributed by atoms with Crippen LogP contribution in [0.15, 0.2) is 30.3 Å². The van der Waals surface area contributed by atoms with Crippen LogP contribution in [0.4, 0.5) is 5.69 Å². The molecule has 0 N–H and O–H groups in total. The van der Waals surface area contributed by atoms with Crippen molar-refractivity contribution in [2.24, 2.45) is 0 Å². The van der Waals surface area contributed by atoms with Crippen LogP contribution in [0.5, 0.6) is 0 Å². The lowest BCUT2D eigenvalue weighted by Crippen LogP contribution is -2.27. The Morgan fingerprint density at radius 3 is 2.83 bits per heavy atom. The zero-order chi connectivity index (χ0) is 20.5. The molecule has 1 amide bonds. The minimum Gasteiger partial charge on any atom is -0.337 e. The molecule has 0 fully saturated rings. The van der Waals surface area contributed by atoms with E-state index in [4.69, 9.17) is 4.98 Å². The molecule has 3 heterocycles. The van der Waals surface area contributed by atoms with Gasteiger partial charge in [0.05, 0.1) is 17.0 Å². The van der Waals surface area contributed by atoms with Gasteiger partial charge in [-0.2, -0.15) is 0 Å². The SMILES string of the molecule is Cc1cc(C(=O)N(C)Cc2ccccc2[N+](=O)[O-])c2nc3n(c2n1)CCCCC3. The van der Waals surface area contributed by atoms with Gasteiger partial charge in [-0.05, 0) is 25.8 Å². The second-order valence-electron chi connectivity index (χ2n) is 7.52. The van der Waals surface area contributed by atoms with Crippen LogP contribution >= 0.6 is 0 Å². The zero-order valence-corrected chi connectivity index (χ0v) is 16.6. The molecule has 1 aliphatic heterocycles. The van der Waals surface area contributed by atoms with Gasteiger partial charge in [0.15, 0.2) is 5.65 Å². The minimum absolute atomic E-state index is 0.0110. The first-order valence-corrected chi connectivity index (χ1v) is 9.80. The summed E-state index contributed by atoms with van der Waals surface area (Å²) in [6.07, 6.45) is 4.22. The summed E-state index contributed by atoms with van der Waals surface area (Å²) >= 11 is 0. The first-order chi connectivity index (χ1) is 14.0. The first kappa shape index (κ1) is 19.0. The van der Waals surface area contributed by atoms with Crippen LogP contribution in [0.2, 0.25) is 0 Å². The average Bonchev–Trinajstić information content (AvgIpc) is 2.88. The molecule has 0 radical (unpaired) electrons. The highest BCUT2D eigenvalue weighted by atomic mass is 16.6. The number of carbonyl (C=O) groups excluding carboxylic acids is 1. The van der Waals surface area contributed by atoms with Crippen LogP contribution < -0.4 is 0 Å². The lowest BCUT2D eigenvalue weighted by atomic mass is 10.1. The lowest BCUT2D eigenvalue weighted by Gasteiger charge is -2.18. The largest absolute Gasteiger partial charge is 0.337 e. The van der Waals surface area contributed by atoms with Gasteiger partial charge < -0.3 is 9.47 Å². The Hall–Kier alpha value is -3.29. The predicted molar refractivity (Wildman–Crippen MR) is 109 cm³/mol. The third-order valence-corrected chi connectivity index (χ3v) is 5.37. The topological polar surface area (TPSA) is 94.2 Å². The molecule has 1 aliphatic rings. The van der Waals surface area contributed by atoms with E-state index in [-0.39, 0.29) is 18.1 Å². The van der Waals surface area contributed by atoms with Crippen molar-refractivity contribution in [2.75, 3.05) is 7.05 Å². The van der Waals surface area contributed by atoms with Crippen molar-refractivity contribution in [1.29, 1.82) is 0 Å². The molecular weight excluding hydrogens is 370 g/mol. The Morgan fingerprint density at radius 1 is 1.24 bits per heavy atom. The van der Waals surface area contributed by atoms with Crippen molar-refractivity contribution in [2.45, 2.75) is 45.7 Å². The van der Waals surface area contributed by atoms with E-state index in [0.717, 1.165) is 43.0 Å². The number of aryl methyl sites for hydroxylation is 3. The third-order valence-electron chi connectivity index (χ3n) is 5.37. The molecule has 2 aromatic heterocycles. The molecule has 0 atom stereocenters. The smallest absolute Gasteiger partial charge is 0.274 e. The van der Waals surface area contributed by atoms with Gasteiger partial charge in [-0.15, -0.1) is 0 Å².